The molecule has 0 aliphatic carbocycles. The number of hydrogen-bond donors (Lipinski definition) is 1. The van der Waals surface area contributed by atoms with E-state index in [2.05, 4.69) is 0 Å². The van der Waals surface area contributed by atoms with Gasteiger partial charge in [0.25, 0.3) is 5.91 Å². The van der Waals surface area contributed by atoms with Crippen molar-refractivity contribution < 1.29 is 14.6 Å². The number of amides is 1. The van der Waals surface area contributed by atoms with Crippen molar-refractivity contribution >= 4 is 5.91 Å². The zero-order valence-corrected chi connectivity index (χ0v) is 10.6. The highest BCUT2D eigenvalue weighted by molar-refractivity contribution is 5.94. The third-order valence-electron chi connectivity index (χ3n) is 3.17. The van der Waals surface area contributed by atoms with Gasteiger partial charge >= 0.3 is 0 Å². The largest absolute Gasteiger partial charge is 0.391 e. The Hall–Kier alpha value is -1.39. The van der Waals surface area contributed by atoms with E-state index in [1.165, 1.54) is 0 Å². The van der Waals surface area contributed by atoms with Crippen molar-refractivity contribution in [1.82, 2.24) is 4.90 Å². The van der Waals surface area contributed by atoms with Gasteiger partial charge in [-0.3, -0.25) is 4.79 Å². The second kappa shape index (κ2) is 5.98. The summed E-state index contributed by atoms with van der Waals surface area (Å²) in [6.07, 6.45) is 1.27. The average molecular weight is 249 g/mol. The molecule has 2 rings (SSSR count). The number of nitrogens with zero attached hydrogens (tertiary/aromatic N) is 1. The van der Waals surface area contributed by atoms with E-state index in [1.54, 1.807) is 12.0 Å². The Morgan fingerprint density at radius 2 is 2.39 bits per heavy atom. The van der Waals surface area contributed by atoms with Crippen LogP contribution in [0, 0.1) is 0 Å². The maximum atomic E-state index is 12.3. The van der Waals surface area contributed by atoms with Crippen molar-refractivity contribution in [3.63, 3.8) is 0 Å². The van der Waals surface area contributed by atoms with E-state index in [1.807, 2.05) is 24.3 Å². The molecule has 4 nitrogen and oxygen atoms in total. The Kier molecular flexibility index (Phi) is 4.33. The number of methoxy groups -OCH3 is 1. The minimum Gasteiger partial charge on any atom is -0.391 e. The molecule has 0 radical (unpaired) electrons. The summed E-state index contributed by atoms with van der Waals surface area (Å²) in [7, 11) is 1.63. The smallest absolute Gasteiger partial charge is 0.253 e. The fourth-order valence-corrected chi connectivity index (χ4v) is 2.28. The van der Waals surface area contributed by atoms with Gasteiger partial charge in [-0.05, 0) is 30.5 Å². The predicted octanol–water partition coefficient (Wildman–Crippen LogP) is 1.43. The van der Waals surface area contributed by atoms with E-state index in [-0.39, 0.29) is 12.0 Å². The molecule has 18 heavy (non-hydrogen) atoms. The summed E-state index contributed by atoms with van der Waals surface area (Å²) in [6, 6.07) is 7.46. The molecule has 1 atom stereocenters. The van der Waals surface area contributed by atoms with Crippen LogP contribution in [0.4, 0.5) is 0 Å². The van der Waals surface area contributed by atoms with E-state index < -0.39 is 0 Å². The van der Waals surface area contributed by atoms with Gasteiger partial charge in [0.05, 0.1) is 12.7 Å². The maximum Gasteiger partial charge on any atom is 0.253 e. The van der Waals surface area contributed by atoms with Gasteiger partial charge in [-0.1, -0.05) is 12.1 Å². The van der Waals surface area contributed by atoms with Crippen LogP contribution in [0.25, 0.3) is 0 Å². The number of β-amino-alcohol motifs (C(OH)–C–C–N with tert-alkyl or cyclic N) is 1. The molecular weight excluding hydrogens is 230 g/mol. The number of carbonyl (C=O) groups excluding carboxylic acids is 1. The zero-order chi connectivity index (χ0) is 13.0. The molecule has 0 spiro atoms. The molecule has 1 amide bonds. The molecule has 98 valence electrons. The average Bonchev–Trinajstić information content (AvgIpc) is 2.39. The molecule has 1 aromatic carbocycles. The number of piperidine rings is 1. The van der Waals surface area contributed by atoms with Crippen LogP contribution in [0.15, 0.2) is 24.3 Å². The van der Waals surface area contributed by atoms with Gasteiger partial charge in [0, 0.05) is 25.8 Å². The lowest BCUT2D eigenvalue weighted by Crippen LogP contribution is -2.42. The lowest BCUT2D eigenvalue weighted by atomic mass is 10.1. The van der Waals surface area contributed by atoms with Crippen molar-refractivity contribution in [2.24, 2.45) is 0 Å². The van der Waals surface area contributed by atoms with E-state index in [4.69, 9.17) is 4.74 Å². The van der Waals surface area contributed by atoms with Crippen molar-refractivity contribution in [1.29, 1.82) is 0 Å². The molecule has 1 fully saturated rings. The topological polar surface area (TPSA) is 49.8 Å². The minimum atomic E-state index is -0.384. The molecule has 1 aromatic rings. The molecule has 1 N–H and O–H groups in total. The maximum absolute atomic E-state index is 12.3. The Bertz CT molecular complexity index is 419. The Morgan fingerprint density at radius 3 is 3.11 bits per heavy atom. The first-order valence-corrected chi connectivity index (χ1v) is 6.26. The first-order chi connectivity index (χ1) is 8.70. The molecule has 1 saturated heterocycles. The first-order valence-electron chi connectivity index (χ1n) is 6.26. The van der Waals surface area contributed by atoms with Crippen molar-refractivity contribution in [2.75, 3.05) is 20.2 Å². The van der Waals surface area contributed by atoms with Crippen LogP contribution in [0.2, 0.25) is 0 Å². The summed E-state index contributed by atoms with van der Waals surface area (Å²) >= 11 is 0. The zero-order valence-electron chi connectivity index (χ0n) is 10.6. The van der Waals surface area contributed by atoms with E-state index in [9.17, 15) is 9.90 Å². The standard InChI is InChI=1S/C14H19NO3/c1-18-10-11-4-2-5-12(8-11)14(17)15-7-3-6-13(16)9-15/h2,4-5,8,13,16H,3,6-7,9-10H2,1H3. The number of benzene rings is 1. The lowest BCUT2D eigenvalue weighted by molar-refractivity contribution is 0.0473. The molecule has 1 aliphatic heterocycles. The van der Waals surface area contributed by atoms with Crippen LogP contribution in [-0.4, -0.2) is 42.2 Å². The Balaban J connectivity index is 2.10. The molecule has 4 heteroatoms. The number of hydrogen-bond acceptors (Lipinski definition) is 3. The first kappa shape index (κ1) is 13.1. The number of aliphatic hydroxyl groups excluding tert-OH is 1. The summed E-state index contributed by atoms with van der Waals surface area (Å²) < 4.78 is 5.06. The highest BCUT2D eigenvalue weighted by atomic mass is 16.5. The third-order valence-corrected chi connectivity index (χ3v) is 3.17. The van der Waals surface area contributed by atoms with Crippen LogP contribution < -0.4 is 0 Å². The normalized spacial score (nSPS) is 19.9. The SMILES string of the molecule is COCc1cccc(C(=O)N2CCCC(O)C2)c1. The minimum absolute atomic E-state index is 0.00768. The monoisotopic (exact) mass is 249 g/mol. The van der Waals surface area contributed by atoms with Crippen LogP contribution >= 0.6 is 0 Å². The molecule has 0 bridgehead atoms. The molecular formula is C14H19NO3. The van der Waals surface area contributed by atoms with Gasteiger partial charge in [0.15, 0.2) is 0 Å². The number of rotatable bonds is 3. The van der Waals surface area contributed by atoms with Gasteiger partial charge < -0.3 is 14.7 Å². The lowest BCUT2D eigenvalue weighted by Gasteiger charge is -2.30. The second-order valence-corrected chi connectivity index (χ2v) is 4.68. The highest BCUT2D eigenvalue weighted by Gasteiger charge is 2.22. The molecule has 0 aromatic heterocycles. The number of likely N-dealkylation sites (tertiary alicyclic amines) is 1. The molecule has 0 saturated carbocycles. The van der Waals surface area contributed by atoms with Gasteiger partial charge in [-0.25, -0.2) is 0 Å². The number of aliphatic hydroxyl groups is 1. The molecule has 1 aliphatic rings. The summed E-state index contributed by atoms with van der Waals surface area (Å²) in [6.45, 7) is 1.67. The summed E-state index contributed by atoms with van der Waals surface area (Å²) in [4.78, 5) is 14.0. The van der Waals surface area contributed by atoms with Crippen molar-refractivity contribution in [3.8, 4) is 0 Å². The Labute approximate surface area is 107 Å². The van der Waals surface area contributed by atoms with Crippen LogP contribution in [0.5, 0.6) is 0 Å². The Morgan fingerprint density at radius 1 is 1.56 bits per heavy atom. The van der Waals surface area contributed by atoms with Gasteiger partial charge in [-0.2, -0.15) is 0 Å². The van der Waals surface area contributed by atoms with Gasteiger partial charge in [0.2, 0.25) is 0 Å². The molecule has 1 heterocycles. The fraction of sp³-hybridized carbons (Fsp3) is 0.500. The quantitative estimate of drug-likeness (QED) is 0.881. The van der Waals surface area contributed by atoms with Crippen LogP contribution in [0.3, 0.4) is 0 Å². The number of carbonyl (C=O) groups is 1. The second-order valence-electron chi connectivity index (χ2n) is 4.68. The predicted molar refractivity (Wildman–Crippen MR) is 68.3 cm³/mol. The third kappa shape index (κ3) is 3.09. The van der Waals surface area contributed by atoms with Gasteiger partial charge in [0.1, 0.15) is 0 Å². The summed E-state index contributed by atoms with van der Waals surface area (Å²) in [5.74, 6) is -0.00768. The van der Waals surface area contributed by atoms with Crippen LogP contribution in [0.1, 0.15) is 28.8 Å². The van der Waals surface area contributed by atoms with Crippen molar-refractivity contribution in [3.05, 3.63) is 35.4 Å². The van der Waals surface area contributed by atoms with E-state index in [0.717, 1.165) is 24.9 Å². The highest BCUT2D eigenvalue weighted by Crippen LogP contribution is 2.15. The van der Waals surface area contributed by atoms with E-state index in [0.29, 0.717) is 18.7 Å². The molecule has 1 unspecified atom stereocenters. The van der Waals surface area contributed by atoms with Gasteiger partial charge in [-0.15, -0.1) is 0 Å². The van der Waals surface area contributed by atoms with Crippen molar-refractivity contribution in [2.45, 2.75) is 25.6 Å². The number of ether oxygens (including phenoxy) is 1. The van der Waals surface area contributed by atoms with Crippen LogP contribution in [-0.2, 0) is 11.3 Å². The van der Waals surface area contributed by atoms with E-state index >= 15 is 0 Å². The summed E-state index contributed by atoms with van der Waals surface area (Å²) in [5.41, 5.74) is 1.65. The summed E-state index contributed by atoms with van der Waals surface area (Å²) in [5, 5.41) is 9.60. The fourth-order valence-electron chi connectivity index (χ4n) is 2.28.